The van der Waals surface area contributed by atoms with Gasteiger partial charge in [0.25, 0.3) is 0 Å². The van der Waals surface area contributed by atoms with E-state index in [1.54, 1.807) is 6.26 Å². The maximum absolute atomic E-state index is 11.3. The molecule has 0 fully saturated rings. The van der Waals surface area contributed by atoms with Gasteiger partial charge < -0.3 is 10.1 Å². The van der Waals surface area contributed by atoms with E-state index < -0.39 is 10.8 Å². The molecule has 1 aromatic carbocycles. The Morgan fingerprint density at radius 2 is 2.29 bits per heavy atom. The van der Waals surface area contributed by atoms with Crippen LogP contribution in [0.25, 0.3) is 0 Å². The average molecular weight is 253 g/mol. The SMILES string of the molecule is CC(CNC1COCc2ccccc21)S(C)=O. The molecule has 4 heteroatoms. The van der Waals surface area contributed by atoms with Gasteiger partial charge in [-0.3, -0.25) is 4.21 Å². The van der Waals surface area contributed by atoms with Gasteiger partial charge in [-0.15, -0.1) is 0 Å². The summed E-state index contributed by atoms with van der Waals surface area (Å²) in [4.78, 5) is 0. The van der Waals surface area contributed by atoms with Crippen LogP contribution in [0.15, 0.2) is 24.3 Å². The molecule has 3 unspecified atom stereocenters. The van der Waals surface area contributed by atoms with E-state index in [-0.39, 0.29) is 11.3 Å². The molecule has 3 nitrogen and oxygen atoms in total. The van der Waals surface area contributed by atoms with Crippen molar-refractivity contribution in [2.75, 3.05) is 19.4 Å². The molecule has 0 aromatic heterocycles. The van der Waals surface area contributed by atoms with Crippen molar-refractivity contribution in [1.29, 1.82) is 0 Å². The van der Waals surface area contributed by atoms with Gasteiger partial charge in [-0.2, -0.15) is 0 Å². The van der Waals surface area contributed by atoms with Crippen LogP contribution >= 0.6 is 0 Å². The molecule has 17 heavy (non-hydrogen) atoms. The fourth-order valence-electron chi connectivity index (χ4n) is 1.98. The van der Waals surface area contributed by atoms with Crippen LogP contribution in [-0.4, -0.2) is 28.9 Å². The van der Waals surface area contributed by atoms with Crippen LogP contribution in [0, 0.1) is 0 Å². The van der Waals surface area contributed by atoms with Crippen molar-refractivity contribution >= 4 is 10.8 Å². The van der Waals surface area contributed by atoms with Crippen LogP contribution in [0.5, 0.6) is 0 Å². The zero-order valence-corrected chi connectivity index (χ0v) is 11.1. The molecule has 1 aromatic rings. The van der Waals surface area contributed by atoms with E-state index in [1.165, 1.54) is 11.1 Å². The maximum atomic E-state index is 11.3. The molecular weight excluding hydrogens is 234 g/mol. The van der Waals surface area contributed by atoms with Crippen molar-refractivity contribution in [3.05, 3.63) is 35.4 Å². The fraction of sp³-hybridized carbons (Fsp3) is 0.538. The Labute approximate surface area is 105 Å². The summed E-state index contributed by atoms with van der Waals surface area (Å²) in [5.41, 5.74) is 2.56. The number of hydrogen-bond donors (Lipinski definition) is 1. The molecule has 94 valence electrons. The third kappa shape index (κ3) is 3.15. The zero-order chi connectivity index (χ0) is 12.3. The van der Waals surface area contributed by atoms with Crippen LogP contribution in [0.2, 0.25) is 0 Å². The van der Waals surface area contributed by atoms with Gasteiger partial charge in [-0.1, -0.05) is 24.3 Å². The van der Waals surface area contributed by atoms with Gasteiger partial charge >= 0.3 is 0 Å². The highest BCUT2D eigenvalue weighted by atomic mass is 32.2. The molecular formula is C13H19NO2S. The molecule has 0 spiro atoms. The monoisotopic (exact) mass is 253 g/mol. The third-order valence-corrected chi connectivity index (χ3v) is 4.49. The summed E-state index contributed by atoms with van der Waals surface area (Å²) >= 11 is 0. The minimum atomic E-state index is -0.776. The topological polar surface area (TPSA) is 38.3 Å². The standard InChI is InChI=1S/C13H19NO2S/c1-10(17(2)15)7-14-13-9-16-8-11-5-3-4-6-12(11)13/h3-6,10,13-14H,7-9H2,1-2H3. The van der Waals surface area contributed by atoms with Crippen molar-refractivity contribution in [2.45, 2.75) is 24.8 Å². The molecule has 0 radical (unpaired) electrons. The fourth-order valence-corrected chi connectivity index (χ4v) is 2.31. The second-order valence-corrected chi connectivity index (χ2v) is 6.29. The Morgan fingerprint density at radius 3 is 3.06 bits per heavy atom. The smallest absolute Gasteiger partial charge is 0.0721 e. The second-order valence-electron chi connectivity index (χ2n) is 4.48. The number of ether oxygens (including phenoxy) is 1. The molecule has 0 bridgehead atoms. The van der Waals surface area contributed by atoms with Gasteiger partial charge in [0.15, 0.2) is 0 Å². The van der Waals surface area contributed by atoms with Crippen molar-refractivity contribution in [1.82, 2.24) is 5.32 Å². The van der Waals surface area contributed by atoms with E-state index in [2.05, 4.69) is 23.5 Å². The van der Waals surface area contributed by atoms with Gasteiger partial charge in [-0.05, 0) is 18.1 Å². The summed E-state index contributed by atoms with van der Waals surface area (Å²) in [6, 6.07) is 8.56. The number of fused-ring (bicyclic) bond motifs is 1. The van der Waals surface area contributed by atoms with Crippen LogP contribution in [0.4, 0.5) is 0 Å². The number of hydrogen-bond acceptors (Lipinski definition) is 3. The minimum absolute atomic E-state index is 0.170. The molecule has 1 N–H and O–H groups in total. The Bertz CT molecular complexity index is 408. The summed E-state index contributed by atoms with van der Waals surface area (Å²) in [6.45, 7) is 4.15. The Morgan fingerprint density at radius 1 is 1.53 bits per heavy atom. The molecule has 3 atom stereocenters. The molecule has 0 saturated heterocycles. The summed E-state index contributed by atoms with van der Waals surface area (Å²) < 4.78 is 16.9. The average Bonchev–Trinajstić information content (AvgIpc) is 2.35. The molecule has 0 amide bonds. The third-order valence-electron chi connectivity index (χ3n) is 3.19. The lowest BCUT2D eigenvalue weighted by molar-refractivity contribution is 0.0824. The Balaban J connectivity index is 2.01. The Kier molecular flexibility index (Phi) is 4.31. The molecule has 2 rings (SSSR count). The van der Waals surface area contributed by atoms with Crippen molar-refractivity contribution in [2.24, 2.45) is 0 Å². The zero-order valence-electron chi connectivity index (χ0n) is 10.3. The number of nitrogens with one attached hydrogen (secondary N) is 1. The molecule has 1 aliphatic heterocycles. The molecule has 0 saturated carbocycles. The first kappa shape index (κ1) is 12.7. The number of benzene rings is 1. The van der Waals surface area contributed by atoms with E-state index in [0.717, 1.165) is 6.54 Å². The molecule has 0 aliphatic carbocycles. The van der Waals surface area contributed by atoms with E-state index in [4.69, 9.17) is 4.74 Å². The lowest BCUT2D eigenvalue weighted by Crippen LogP contribution is -2.35. The van der Waals surface area contributed by atoms with Crippen molar-refractivity contribution in [3.8, 4) is 0 Å². The molecule has 1 heterocycles. The molecule has 1 aliphatic rings. The predicted octanol–water partition coefficient (Wildman–Crippen LogP) is 1.61. The van der Waals surface area contributed by atoms with Gasteiger partial charge in [0, 0.05) is 28.9 Å². The van der Waals surface area contributed by atoms with Crippen molar-refractivity contribution in [3.63, 3.8) is 0 Å². The lowest BCUT2D eigenvalue weighted by Gasteiger charge is -2.27. The van der Waals surface area contributed by atoms with Gasteiger partial charge in [0.2, 0.25) is 0 Å². The van der Waals surface area contributed by atoms with E-state index >= 15 is 0 Å². The van der Waals surface area contributed by atoms with Gasteiger partial charge in [0.1, 0.15) is 0 Å². The van der Waals surface area contributed by atoms with Gasteiger partial charge in [0.05, 0.1) is 19.3 Å². The Hall–Kier alpha value is -0.710. The highest BCUT2D eigenvalue weighted by Gasteiger charge is 2.20. The van der Waals surface area contributed by atoms with E-state index in [1.807, 2.05) is 13.0 Å². The van der Waals surface area contributed by atoms with Crippen LogP contribution in [0.3, 0.4) is 0 Å². The quantitative estimate of drug-likeness (QED) is 0.886. The highest BCUT2D eigenvalue weighted by Crippen LogP contribution is 2.24. The van der Waals surface area contributed by atoms with Crippen LogP contribution in [0.1, 0.15) is 24.1 Å². The van der Waals surface area contributed by atoms with Crippen LogP contribution < -0.4 is 5.32 Å². The van der Waals surface area contributed by atoms with E-state index in [9.17, 15) is 4.21 Å². The first-order valence-corrected chi connectivity index (χ1v) is 7.51. The summed E-state index contributed by atoms with van der Waals surface area (Å²) in [6.07, 6.45) is 1.75. The minimum Gasteiger partial charge on any atom is -0.375 e. The van der Waals surface area contributed by atoms with Crippen molar-refractivity contribution < 1.29 is 8.95 Å². The summed E-state index contributed by atoms with van der Waals surface area (Å²) in [5, 5.41) is 3.61. The van der Waals surface area contributed by atoms with E-state index in [0.29, 0.717) is 13.2 Å². The summed E-state index contributed by atoms with van der Waals surface area (Å²) in [5.74, 6) is 0. The lowest BCUT2D eigenvalue weighted by atomic mass is 9.99. The first-order chi connectivity index (χ1) is 8.18. The van der Waals surface area contributed by atoms with Gasteiger partial charge in [-0.25, -0.2) is 0 Å². The highest BCUT2D eigenvalue weighted by molar-refractivity contribution is 7.84. The van der Waals surface area contributed by atoms with Crippen LogP contribution in [-0.2, 0) is 22.1 Å². The largest absolute Gasteiger partial charge is 0.375 e. The normalized spacial score (nSPS) is 22.8. The maximum Gasteiger partial charge on any atom is 0.0721 e. The second kappa shape index (κ2) is 5.76. The number of rotatable bonds is 4. The predicted molar refractivity (Wildman–Crippen MR) is 70.4 cm³/mol. The first-order valence-electron chi connectivity index (χ1n) is 5.89. The summed E-state index contributed by atoms with van der Waals surface area (Å²) in [7, 11) is -0.776.